The normalized spacial score (nSPS) is 13.5. The lowest BCUT2D eigenvalue weighted by Crippen LogP contribution is -2.14. The zero-order valence-corrected chi connectivity index (χ0v) is 26.4. The summed E-state index contributed by atoms with van der Waals surface area (Å²) in [5, 5.41) is 5.09. The molecule has 10 rings (SSSR count). The van der Waals surface area contributed by atoms with Gasteiger partial charge in [0.25, 0.3) is 0 Å². The highest BCUT2D eigenvalue weighted by atomic mass is 15.0. The quantitative estimate of drug-likeness (QED) is 0.191. The first-order chi connectivity index (χ1) is 23.1. The molecule has 47 heavy (non-hydrogen) atoms. The Balaban J connectivity index is 1.17. The maximum absolute atomic E-state index is 2.44. The Morgan fingerprint density at radius 1 is 0.404 bits per heavy atom. The van der Waals surface area contributed by atoms with Crippen molar-refractivity contribution in [2.24, 2.45) is 0 Å². The summed E-state index contributed by atoms with van der Waals surface area (Å²) in [6.45, 7) is 4.70. The smallest absolute Gasteiger partial charge is 0.0641 e. The first-order valence-corrected chi connectivity index (χ1v) is 16.5. The van der Waals surface area contributed by atoms with Gasteiger partial charge in [0.15, 0.2) is 0 Å². The summed E-state index contributed by atoms with van der Waals surface area (Å²) in [4.78, 5) is 0. The van der Waals surface area contributed by atoms with E-state index < -0.39 is 0 Å². The molecule has 7 aromatic carbocycles. The molecule has 0 bridgehead atoms. The average molecular weight is 601 g/mol. The van der Waals surface area contributed by atoms with E-state index in [9.17, 15) is 0 Å². The highest BCUT2D eigenvalue weighted by Gasteiger charge is 2.35. The largest absolute Gasteiger partial charge is 0.309 e. The van der Waals surface area contributed by atoms with Crippen molar-refractivity contribution in [3.05, 3.63) is 169 Å². The van der Waals surface area contributed by atoms with Crippen LogP contribution in [0.1, 0.15) is 25.0 Å². The molecule has 2 nitrogen and oxygen atoms in total. The zero-order valence-electron chi connectivity index (χ0n) is 26.4. The van der Waals surface area contributed by atoms with Crippen molar-refractivity contribution in [2.75, 3.05) is 0 Å². The molecule has 2 heteroatoms. The van der Waals surface area contributed by atoms with E-state index in [0.717, 1.165) is 5.69 Å². The fraction of sp³-hybridized carbons (Fsp3) is 0.0667. The van der Waals surface area contributed by atoms with Crippen LogP contribution in [0.5, 0.6) is 0 Å². The maximum atomic E-state index is 2.44. The Hall–Kier alpha value is -5.86. The summed E-state index contributed by atoms with van der Waals surface area (Å²) in [6.07, 6.45) is 0. The Labute approximate surface area is 273 Å². The first kappa shape index (κ1) is 26.4. The van der Waals surface area contributed by atoms with Crippen molar-refractivity contribution < 1.29 is 0 Å². The molecule has 0 atom stereocenters. The lowest BCUT2D eigenvalue weighted by atomic mass is 9.81. The average Bonchev–Trinajstić information content (AvgIpc) is 3.72. The summed E-state index contributed by atoms with van der Waals surface area (Å²) in [5.41, 5.74) is 15.2. The van der Waals surface area contributed by atoms with E-state index in [1.54, 1.807) is 0 Å². The molecule has 0 radical (unpaired) electrons. The molecule has 222 valence electrons. The minimum absolute atomic E-state index is 0.0155. The van der Waals surface area contributed by atoms with Gasteiger partial charge in [0.1, 0.15) is 0 Å². The Kier molecular flexibility index (Phi) is 5.37. The van der Waals surface area contributed by atoms with Crippen LogP contribution in [0.2, 0.25) is 0 Å². The van der Waals surface area contributed by atoms with Gasteiger partial charge >= 0.3 is 0 Å². The van der Waals surface area contributed by atoms with Crippen LogP contribution in [0.3, 0.4) is 0 Å². The molecule has 9 aromatic rings. The Morgan fingerprint density at radius 2 is 1.02 bits per heavy atom. The monoisotopic (exact) mass is 600 g/mol. The lowest BCUT2D eigenvalue weighted by molar-refractivity contribution is 0.660. The van der Waals surface area contributed by atoms with Crippen molar-refractivity contribution >= 4 is 43.6 Å². The van der Waals surface area contributed by atoms with Crippen LogP contribution >= 0.6 is 0 Å². The van der Waals surface area contributed by atoms with Gasteiger partial charge < -0.3 is 9.13 Å². The van der Waals surface area contributed by atoms with E-state index in [0.29, 0.717) is 0 Å². The summed E-state index contributed by atoms with van der Waals surface area (Å²) >= 11 is 0. The second-order valence-electron chi connectivity index (χ2n) is 13.4. The second-order valence-corrected chi connectivity index (χ2v) is 13.4. The minimum Gasteiger partial charge on any atom is -0.309 e. The number of benzene rings is 7. The molecule has 1 aliphatic carbocycles. The molecule has 0 N–H and O–H groups in total. The number of nitrogens with zero attached hydrogens (tertiary/aromatic N) is 2. The topological polar surface area (TPSA) is 9.86 Å². The molecular weight excluding hydrogens is 569 g/mol. The van der Waals surface area contributed by atoms with Gasteiger partial charge in [0.2, 0.25) is 0 Å². The summed E-state index contributed by atoms with van der Waals surface area (Å²) in [6, 6.07) is 58.0. The van der Waals surface area contributed by atoms with Gasteiger partial charge in [0, 0.05) is 38.3 Å². The highest BCUT2D eigenvalue weighted by Crippen LogP contribution is 2.49. The number of fused-ring (bicyclic) bond motifs is 10. The number of para-hydroxylation sites is 3. The van der Waals surface area contributed by atoms with E-state index in [1.807, 2.05) is 0 Å². The van der Waals surface area contributed by atoms with Gasteiger partial charge in [-0.15, -0.1) is 0 Å². The van der Waals surface area contributed by atoms with Crippen LogP contribution in [0.4, 0.5) is 0 Å². The molecule has 1 aliphatic rings. The van der Waals surface area contributed by atoms with Crippen molar-refractivity contribution in [3.63, 3.8) is 0 Å². The SMILES string of the molecule is CC1(C)c2ccccc2-c2ccc(-c3ccc(-n4c5ccccc5c5c4ccc4c6ccccc6n(-c6ccccc6)c45)cc3)cc21. The van der Waals surface area contributed by atoms with Crippen LogP contribution in [0.25, 0.3) is 77.2 Å². The molecule has 2 heterocycles. The summed E-state index contributed by atoms with van der Waals surface area (Å²) < 4.78 is 4.88. The van der Waals surface area contributed by atoms with Crippen LogP contribution in [-0.4, -0.2) is 9.13 Å². The number of rotatable bonds is 3. The summed E-state index contributed by atoms with van der Waals surface area (Å²) in [7, 11) is 0. The van der Waals surface area contributed by atoms with E-state index in [1.165, 1.54) is 82.7 Å². The maximum Gasteiger partial charge on any atom is 0.0641 e. The molecule has 2 aromatic heterocycles. The predicted octanol–water partition coefficient (Wildman–Crippen LogP) is 11.9. The summed E-state index contributed by atoms with van der Waals surface area (Å²) in [5.74, 6) is 0. The minimum atomic E-state index is -0.0155. The van der Waals surface area contributed by atoms with Crippen molar-refractivity contribution in [1.82, 2.24) is 9.13 Å². The third-order valence-electron chi connectivity index (χ3n) is 10.5. The fourth-order valence-electron chi connectivity index (χ4n) is 8.32. The molecule has 0 saturated carbocycles. The highest BCUT2D eigenvalue weighted by molar-refractivity contribution is 6.26. The Bertz CT molecular complexity index is 2680. The zero-order chi connectivity index (χ0) is 31.3. The third-order valence-corrected chi connectivity index (χ3v) is 10.5. The van der Waals surface area contributed by atoms with E-state index in [2.05, 4.69) is 181 Å². The van der Waals surface area contributed by atoms with Crippen LogP contribution < -0.4 is 0 Å². The lowest BCUT2D eigenvalue weighted by Gasteiger charge is -2.22. The van der Waals surface area contributed by atoms with E-state index >= 15 is 0 Å². The van der Waals surface area contributed by atoms with Crippen molar-refractivity contribution in [2.45, 2.75) is 19.3 Å². The number of hydrogen-bond donors (Lipinski definition) is 0. The van der Waals surface area contributed by atoms with Crippen molar-refractivity contribution in [3.8, 4) is 33.6 Å². The van der Waals surface area contributed by atoms with Gasteiger partial charge in [-0.25, -0.2) is 0 Å². The number of hydrogen-bond acceptors (Lipinski definition) is 0. The van der Waals surface area contributed by atoms with E-state index in [-0.39, 0.29) is 5.41 Å². The Morgan fingerprint density at radius 3 is 1.83 bits per heavy atom. The fourth-order valence-corrected chi connectivity index (χ4v) is 8.32. The number of aromatic nitrogens is 2. The molecule has 0 aliphatic heterocycles. The molecule has 0 spiro atoms. The molecule has 0 saturated heterocycles. The first-order valence-electron chi connectivity index (χ1n) is 16.5. The van der Waals surface area contributed by atoms with Gasteiger partial charge in [-0.1, -0.05) is 123 Å². The van der Waals surface area contributed by atoms with Crippen LogP contribution in [0.15, 0.2) is 158 Å². The standard InChI is InChI=1S/C45H32N2/c1-45(2)38-17-9-6-14-33(38)34-25-22-30(28-39(34)45)29-20-23-32(24-21-29)46-41-19-11-8-16-37(41)43-42(46)27-26-36-35-15-7-10-18-40(35)47(44(36)43)31-12-4-3-5-13-31/h3-28H,1-2H3. The molecule has 0 amide bonds. The van der Waals surface area contributed by atoms with Gasteiger partial charge in [0.05, 0.1) is 22.1 Å². The molecular formula is C45H32N2. The van der Waals surface area contributed by atoms with Crippen LogP contribution in [-0.2, 0) is 5.41 Å². The van der Waals surface area contributed by atoms with Gasteiger partial charge in [-0.05, 0) is 81.9 Å². The van der Waals surface area contributed by atoms with Crippen molar-refractivity contribution in [1.29, 1.82) is 0 Å². The molecule has 0 unspecified atom stereocenters. The second kappa shape index (κ2) is 9.57. The van der Waals surface area contributed by atoms with E-state index in [4.69, 9.17) is 0 Å². The molecule has 0 fully saturated rings. The van der Waals surface area contributed by atoms with Gasteiger partial charge in [-0.2, -0.15) is 0 Å². The van der Waals surface area contributed by atoms with Gasteiger partial charge in [-0.3, -0.25) is 0 Å². The third kappa shape index (κ3) is 3.61. The predicted molar refractivity (Wildman–Crippen MR) is 198 cm³/mol. The van der Waals surface area contributed by atoms with Crippen LogP contribution in [0, 0.1) is 0 Å².